The molecule has 1 unspecified atom stereocenters. The van der Waals surface area contributed by atoms with Gasteiger partial charge in [0.05, 0.1) is 7.11 Å². The van der Waals surface area contributed by atoms with Gasteiger partial charge in [-0.05, 0) is 53.2 Å². The van der Waals surface area contributed by atoms with Gasteiger partial charge in [-0.2, -0.15) is 0 Å². The maximum absolute atomic E-state index is 11.3. The number of carbonyl (C=O) groups excluding carboxylic acids is 1. The third kappa shape index (κ3) is 7.34. The first-order valence-electron chi connectivity index (χ1n) is 6.54. The van der Waals surface area contributed by atoms with Crippen molar-refractivity contribution < 1.29 is 9.53 Å². The Morgan fingerprint density at radius 3 is 2.47 bits per heavy atom. The first-order valence-corrected chi connectivity index (χ1v) is 6.54. The third-order valence-corrected chi connectivity index (χ3v) is 3.10. The summed E-state index contributed by atoms with van der Waals surface area (Å²) in [6.45, 7) is 8.36. The predicted molar refractivity (Wildman–Crippen MR) is 71.1 cm³/mol. The molecule has 4 nitrogen and oxygen atoms in total. The second-order valence-corrected chi connectivity index (χ2v) is 4.72. The lowest BCUT2D eigenvalue weighted by atomic mass is 10.2. The van der Waals surface area contributed by atoms with E-state index in [0.717, 1.165) is 32.4 Å². The summed E-state index contributed by atoms with van der Waals surface area (Å²) in [7, 11) is 3.58. The Labute approximate surface area is 106 Å². The van der Waals surface area contributed by atoms with Gasteiger partial charge in [-0.1, -0.05) is 6.92 Å². The van der Waals surface area contributed by atoms with E-state index < -0.39 is 0 Å². The molecule has 102 valence electrons. The van der Waals surface area contributed by atoms with Gasteiger partial charge in [0, 0.05) is 6.04 Å². The molecule has 0 aliphatic rings. The lowest BCUT2D eigenvalue weighted by Crippen LogP contribution is -2.37. The summed E-state index contributed by atoms with van der Waals surface area (Å²) >= 11 is 0. The van der Waals surface area contributed by atoms with Gasteiger partial charge in [0.2, 0.25) is 0 Å². The highest BCUT2D eigenvalue weighted by Gasteiger charge is 2.15. The summed E-state index contributed by atoms with van der Waals surface area (Å²) in [5, 5.41) is 3.23. The second kappa shape index (κ2) is 9.42. The molecule has 0 aromatic carbocycles. The average Bonchev–Trinajstić information content (AvgIpc) is 2.32. The minimum atomic E-state index is -0.160. The van der Waals surface area contributed by atoms with E-state index in [1.165, 1.54) is 7.11 Å². The Hall–Kier alpha value is -0.610. The molecule has 17 heavy (non-hydrogen) atoms. The molecule has 0 heterocycles. The summed E-state index contributed by atoms with van der Waals surface area (Å²) in [6.07, 6.45) is 3.02. The zero-order valence-corrected chi connectivity index (χ0v) is 12.0. The van der Waals surface area contributed by atoms with Crippen LogP contribution in [0.25, 0.3) is 0 Å². The molecular formula is C13H28N2O2. The Morgan fingerprint density at radius 1 is 1.35 bits per heavy atom. The smallest absolute Gasteiger partial charge is 0.322 e. The third-order valence-electron chi connectivity index (χ3n) is 3.10. The summed E-state index contributed by atoms with van der Waals surface area (Å²) in [5.41, 5.74) is 0. The number of esters is 1. The Balaban J connectivity index is 3.59. The van der Waals surface area contributed by atoms with Gasteiger partial charge in [-0.3, -0.25) is 4.79 Å². The van der Waals surface area contributed by atoms with Crippen molar-refractivity contribution in [3.8, 4) is 0 Å². The van der Waals surface area contributed by atoms with E-state index >= 15 is 0 Å². The molecule has 0 amide bonds. The number of unbranched alkanes of at least 4 members (excludes halogenated alkanes) is 1. The van der Waals surface area contributed by atoms with E-state index in [9.17, 15) is 4.79 Å². The van der Waals surface area contributed by atoms with Gasteiger partial charge in [-0.15, -0.1) is 0 Å². The topological polar surface area (TPSA) is 41.6 Å². The largest absolute Gasteiger partial charge is 0.468 e. The molecule has 0 fully saturated rings. The highest BCUT2D eigenvalue weighted by Crippen LogP contribution is 1.99. The quantitative estimate of drug-likeness (QED) is 0.494. The minimum Gasteiger partial charge on any atom is -0.468 e. The second-order valence-electron chi connectivity index (χ2n) is 4.72. The van der Waals surface area contributed by atoms with Gasteiger partial charge in [0.1, 0.15) is 6.04 Å². The number of hydrogen-bond donors (Lipinski definition) is 1. The van der Waals surface area contributed by atoms with E-state index in [1.54, 1.807) is 0 Å². The van der Waals surface area contributed by atoms with Crippen LogP contribution < -0.4 is 5.32 Å². The van der Waals surface area contributed by atoms with Crippen molar-refractivity contribution >= 4 is 5.97 Å². The van der Waals surface area contributed by atoms with E-state index in [-0.39, 0.29) is 12.0 Å². The molecule has 0 saturated carbocycles. The highest BCUT2D eigenvalue weighted by atomic mass is 16.5. The van der Waals surface area contributed by atoms with Gasteiger partial charge in [0.25, 0.3) is 0 Å². The number of nitrogens with zero attached hydrogens (tertiary/aromatic N) is 1. The van der Waals surface area contributed by atoms with Crippen molar-refractivity contribution in [2.75, 3.05) is 27.2 Å². The van der Waals surface area contributed by atoms with Crippen molar-refractivity contribution in [3.63, 3.8) is 0 Å². The van der Waals surface area contributed by atoms with Crippen LogP contribution in [0.15, 0.2) is 0 Å². The van der Waals surface area contributed by atoms with E-state index in [1.807, 2.05) is 6.92 Å². The van der Waals surface area contributed by atoms with Crippen LogP contribution in [0.1, 0.15) is 40.0 Å². The molecule has 0 spiro atoms. The predicted octanol–water partition coefficient (Wildman–Crippen LogP) is 1.65. The normalized spacial score (nSPS) is 13.1. The molecule has 0 bridgehead atoms. The zero-order chi connectivity index (χ0) is 13.3. The molecule has 0 radical (unpaired) electrons. The molecule has 0 aromatic rings. The molecule has 0 aliphatic heterocycles. The standard InChI is InChI=1S/C13H28N2O2/c1-6-12(13(16)17-5)14-9-7-8-10-15(4)11(2)3/h11-12,14H,6-10H2,1-5H3. The van der Waals surface area contributed by atoms with Crippen LogP contribution in [0.4, 0.5) is 0 Å². The maximum atomic E-state index is 11.3. The first kappa shape index (κ1) is 16.4. The number of rotatable bonds is 9. The summed E-state index contributed by atoms with van der Waals surface area (Å²) in [4.78, 5) is 13.6. The Morgan fingerprint density at radius 2 is 2.00 bits per heavy atom. The highest BCUT2D eigenvalue weighted by molar-refractivity contribution is 5.75. The molecule has 1 atom stereocenters. The molecular weight excluding hydrogens is 216 g/mol. The van der Waals surface area contributed by atoms with E-state index in [2.05, 4.69) is 31.1 Å². The van der Waals surface area contributed by atoms with E-state index in [0.29, 0.717) is 6.04 Å². The van der Waals surface area contributed by atoms with Crippen molar-refractivity contribution in [2.45, 2.75) is 52.1 Å². The molecule has 0 aromatic heterocycles. The van der Waals surface area contributed by atoms with E-state index in [4.69, 9.17) is 4.74 Å². The monoisotopic (exact) mass is 244 g/mol. The van der Waals surface area contributed by atoms with Crippen LogP contribution in [0.2, 0.25) is 0 Å². The van der Waals surface area contributed by atoms with Crippen LogP contribution in [-0.2, 0) is 9.53 Å². The molecule has 0 saturated heterocycles. The fourth-order valence-corrected chi connectivity index (χ4v) is 1.56. The van der Waals surface area contributed by atoms with Gasteiger partial charge in [-0.25, -0.2) is 0 Å². The van der Waals surface area contributed by atoms with Crippen molar-refractivity contribution in [2.24, 2.45) is 0 Å². The summed E-state index contributed by atoms with van der Waals surface area (Å²) in [6, 6.07) is 0.448. The number of carbonyl (C=O) groups is 1. The average molecular weight is 244 g/mol. The fourth-order valence-electron chi connectivity index (χ4n) is 1.56. The number of hydrogen-bond acceptors (Lipinski definition) is 4. The summed E-state index contributed by atoms with van der Waals surface area (Å²) < 4.78 is 4.72. The van der Waals surface area contributed by atoms with Crippen molar-refractivity contribution in [3.05, 3.63) is 0 Å². The van der Waals surface area contributed by atoms with Crippen LogP contribution in [0, 0.1) is 0 Å². The van der Waals surface area contributed by atoms with Crippen LogP contribution >= 0.6 is 0 Å². The number of methoxy groups -OCH3 is 1. The van der Waals surface area contributed by atoms with Gasteiger partial charge in [0.15, 0.2) is 0 Å². The minimum absolute atomic E-state index is 0.150. The lowest BCUT2D eigenvalue weighted by molar-refractivity contribution is -0.143. The Bertz CT molecular complexity index is 208. The van der Waals surface area contributed by atoms with Gasteiger partial charge < -0.3 is 15.0 Å². The molecule has 1 N–H and O–H groups in total. The van der Waals surface area contributed by atoms with Crippen LogP contribution in [-0.4, -0.2) is 50.2 Å². The lowest BCUT2D eigenvalue weighted by Gasteiger charge is -2.21. The van der Waals surface area contributed by atoms with Crippen molar-refractivity contribution in [1.82, 2.24) is 10.2 Å². The number of ether oxygens (including phenoxy) is 1. The van der Waals surface area contributed by atoms with Crippen LogP contribution in [0.3, 0.4) is 0 Å². The molecule has 0 rings (SSSR count). The summed E-state index contributed by atoms with van der Waals surface area (Å²) in [5.74, 6) is -0.160. The molecule has 4 heteroatoms. The number of nitrogens with one attached hydrogen (secondary N) is 1. The Kier molecular flexibility index (Phi) is 9.09. The SMILES string of the molecule is CCC(NCCCCN(C)C(C)C)C(=O)OC. The fraction of sp³-hybridized carbons (Fsp3) is 0.923. The molecule has 0 aliphatic carbocycles. The first-order chi connectivity index (χ1) is 8.02. The van der Waals surface area contributed by atoms with Crippen molar-refractivity contribution in [1.29, 1.82) is 0 Å². The van der Waals surface area contributed by atoms with Gasteiger partial charge >= 0.3 is 5.97 Å². The zero-order valence-electron chi connectivity index (χ0n) is 12.0. The maximum Gasteiger partial charge on any atom is 0.322 e. The van der Waals surface area contributed by atoms with Crippen LogP contribution in [0.5, 0.6) is 0 Å².